The van der Waals surface area contributed by atoms with Crippen molar-refractivity contribution in [3.8, 4) is 5.75 Å². The van der Waals surface area contributed by atoms with E-state index in [-0.39, 0.29) is 5.75 Å². The Morgan fingerprint density at radius 1 is 1.05 bits per heavy atom. The van der Waals surface area contributed by atoms with Crippen LogP contribution in [-0.2, 0) is 13.1 Å². The first-order valence-corrected chi connectivity index (χ1v) is 6.89. The maximum Gasteiger partial charge on any atom is 0.138 e. The summed E-state index contributed by atoms with van der Waals surface area (Å²) in [6.45, 7) is 1.33. The van der Waals surface area contributed by atoms with Crippen molar-refractivity contribution in [1.29, 1.82) is 0 Å². The van der Waals surface area contributed by atoms with Crippen LogP contribution in [0.5, 0.6) is 5.75 Å². The molecule has 0 spiro atoms. The predicted molar refractivity (Wildman–Crippen MR) is 84.4 cm³/mol. The summed E-state index contributed by atoms with van der Waals surface area (Å²) in [4.78, 5) is 2.07. The average Bonchev–Trinajstić information content (AvgIpc) is 2.44. The Kier molecular flexibility index (Phi) is 4.88. The van der Waals surface area contributed by atoms with Gasteiger partial charge in [0.2, 0.25) is 0 Å². The highest BCUT2D eigenvalue weighted by atomic mass is 35.5. The van der Waals surface area contributed by atoms with Crippen LogP contribution in [0, 0.1) is 0 Å². The maximum absolute atomic E-state index is 9.81. The van der Waals surface area contributed by atoms with Crippen LogP contribution in [-0.4, -0.2) is 19.2 Å². The number of nitrogens with zero attached hydrogens (tertiary/aromatic N) is 1. The Balaban J connectivity index is 1.91. The second kappa shape index (κ2) is 6.64. The summed E-state index contributed by atoms with van der Waals surface area (Å²) in [6, 6.07) is 13.8. The van der Waals surface area contributed by atoms with E-state index in [1.165, 1.54) is 11.3 Å². The molecule has 3 nitrogen and oxygen atoms in total. The first-order chi connectivity index (χ1) is 9.58. The molecule has 2 rings (SSSR count). The molecule has 0 radical (unpaired) electrons. The Hall–Kier alpha value is -1.71. The fourth-order valence-electron chi connectivity index (χ4n) is 1.96. The van der Waals surface area contributed by atoms with Crippen LogP contribution in [0.1, 0.15) is 11.1 Å². The number of para-hydroxylation sites is 1. The third kappa shape index (κ3) is 3.65. The van der Waals surface area contributed by atoms with E-state index in [9.17, 15) is 5.11 Å². The molecule has 0 atom stereocenters. The molecule has 0 amide bonds. The van der Waals surface area contributed by atoms with Crippen molar-refractivity contribution in [2.75, 3.05) is 19.0 Å². The number of halogens is 1. The molecule has 0 aliphatic heterocycles. The molecule has 2 aromatic rings. The number of hydrogen-bond acceptors (Lipinski definition) is 3. The summed E-state index contributed by atoms with van der Waals surface area (Å²) in [7, 11) is 4.05. The molecule has 0 heterocycles. The molecule has 0 aliphatic rings. The average molecular weight is 291 g/mol. The van der Waals surface area contributed by atoms with E-state index in [0.29, 0.717) is 11.6 Å². The van der Waals surface area contributed by atoms with Crippen LogP contribution >= 0.6 is 11.6 Å². The smallest absolute Gasteiger partial charge is 0.138 e. The lowest BCUT2D eigenvalue weighted by Crippen LogP contribution is -2.13. The minimum Gasteiger partial charge on any atom is -0.506 e. The van der Waals surface area contributed by atoms with Crippen molar-refractivity contribution in [3.63, 3.8) is 0 Å². The maximum atomic E-state index is 9.81. The molecule has 0 bridgehead atoms. The Morgan fingerprint density at radius 2 is 1.75 bits per heavy atom. The summed E-state index contributed by atoms with van der Waals surface area (Å²) in [5.41, 5.74) is 3.20. The molecular weight excluding hydrogens is 272 g/mol. The summed E-state index contributed by atoms with van der Waals surface area (Å²) in [5.74, 6) is 0.157. The van der Waals surface area contributed by atoms with Crippen LogP contribution < -0.4 is 10.2 Å². The molecule has 0 saturated carbocycles. The first-order valence-electron chi connectivity index (χ1n) is 6.51. The lowest BCUT2D eigenvalue weighted by Gasteiger charge is -2.13. The second-order valence-electron chi connectivity index (χ2n) is 4.91. The lowest BCUT2D eigenvalue weighted by atomic mass is 10.1. The normalized spacial score (nSPS) is 10.6. The molecule has 0 unspecified atom stereocenters. The number of phenols is 1. The monoisotopic (exact) mass is 290 g/mol. The SMILES string of the molecule is CN(C)c1ccc(CNCc2cccc(Cl)c2O)cc1. The van der Waals surface area contributed by atoms with Gasteiger partial charge in [-0.2, -0.15) is 0 Å². The van der Waals surface area contributed by atoms with E-state index in [1.807, 2.05) is 26.2 Å². The molecule has 0 saturated heterocycles. The number of rotatable bonds is 5. The van der Waals surface area contributed by atoms with E-state index >= 15 is 0 Å². The van der Waals surface area contributed by atoms with Gasteiger partial charge in [-0.25, -0.2) is 0 Å². The third-order valence-electron chi connectivity index (χ3n) is 3.17. The van der Waals surface area contributed by atoms with Gasteiger partial charge in [0, 0.05) is 38.4 Å². The molecule has 4 heteroatoms. The third-order valence-corrected chi connectivity index (χ3v) is 3.47. The van der Waals surface area contributed by atoms with E-state index < -0.39 is 0 Å². The Bertz CT molecular complexity index is 567. The van der Waals surface area contributed by atoms with Gasteiger partial charge in [-0.3, -0.25) is 0 Å². The number of hydrogen-bond donors (Lipinski definition) is 2. The van der Waals surface area contributed by atoms with Crippen molar-refractivity contribution in [1.82, 2.24) is 5.32 Å². The zero-order valence-electron chi connectivity index (χ0n) is 11.7. The van der Waals surface area contributed by atoms with Gasteiger partial charge >= 0.3 is 0 Å². The molecule has 0 aromatic heterocycles. The lowest BCUT2D eigenvalue weighted by molar-refractivity contribution is 0.464. The zero-order chi connectivity index (χ0) is 14.5. The van der Waals surface area contributed by atoms with Gasteiger partial charge in [0.25, 0.3) is 0 Å². The number of anilines is 1. The number of aromatic hydroxyl groups is 1. The summed E-state index contributed by atoms with van der Waals surface area (Å²) < 4.78 is 0. The molecule has 2 N–H and O–H groups in total. The Labute approximate surface area is 124 Å². The topological polar surface area (TPSA) is 35.5 Å². The fourth-order valence-corrected chi connectivity index (χ4v) is 2.15. The molecule has 0 fully saturated rings. The van der Waals surface area contributed by atoms with Gasteiger partial charge in [-0.05, 0) is 23.8 Å². The summed E-state index contributed by atoms with van der Waals surface area (Å²) >= 11 is 5.87. The van der Waals surface area contributed by atoms with Crippen LogP contribution in [0.25, 0.3) is 0 Å². The molecular formula is C16H19ClN2O. The van der Waals surface area contributed by atoms with Crippen molar-refractivity contribution in [3.05, 3.63) is 58.6 Å². The minimum atomic E-state index is 0.157. The molecule has 2 aromatic carbocycles. The molecule has 106 valence electrons. The Morgan fingerprint density at radius 3 is 2.40 bits per heavy atom. The zero-order valence-corrected chi connectivity index (χ0v) is 12.5. The van der Waals surface area contributed by atoms with Crippen molar-refractivity contribution >= 4 is 17.3 Å². The van der Waals surface area contributed by atoms with E-state index in [0.717, 1.165) is 12.1 Å². The quantitative estimate of drug-likeness (QED) is 0.886. The van der Waals surface area contributed by atoms with E-state index in [4.69, 9.17) is 11.6 Å². The van der Waals surface area contributed by atoms with Gasteiger partial charge in [0.1, 0.15) is 5.75 Å². The number of nitrogens with one attached hydrogen (secondary N) is 1. The first kappa shape index (κ1) is 14.7. The highest BCUT2D eigenvalue weighted by molar-refractivity contribution is 6.32. The van der Waals surface area contributed by atoms with Crippen molar-refractivity contribution in [2.24, 2.45) is 0 Å². The van der Waals surface area contributed by atoms with E-state index in [1.54, 1.807) is 6.07 Å². The van der Waals surface area contributed by atoms with Crippen LogP contribution in [0.2, 0.25) is 5.02 Å². The summed E-state index contributed by atoms with van der Waals surface area (Å²) in [6.07, 6.45) is 0. The minimum absolute atomic E-state index is 0.157. The number of benzene rings is 2. The largest absolute Gasteiger partial charge is 0.506 e. The summed E-state index contributed by atoms with van der Waals surface area (Å²) in [5, 5.41) is 13.5. The van der Waals surface area contributed by atoms with Gasteiger partial charge < -0.3 is 15.3 Å². The van der Waals surface area contributed by atoms with Gasteiger partial charge in [-0.1, -0.05) is 35.9 Å². The highest BCUT2D eigenvalue weighted by Crippen LogP contribution is 2.26. The molecule has 20 heavy (non-hydrogen) atoms. The van der Waals surface area contributed by atoms with E-state index in [2.05, 4.69) is 34.5 Å². The standard InChI is InChI=1S/C16H19ClN2O/c1-19(2)14-8-6-12(7-9-14)10-18-11-13-4-3-5-15(17)16(13)20/h3-9,18,20H,10-11H2,1-2H3. The molecule has 0 aliphatic carbocycles. The van der Waals surface area contributed by atoms with Gasteiger partial charge in [-0.15, -0.1) is 0 Å². The van der Waals surface area contributed by atoms with Crippen LogP contribution in [0.4, 0.5) is 5.69 Å². The fraction of sp³-hybridized carbons (Fsp3) is 0.250. The van der Waals surface area contributed by atoms with Gasteiger partial charge in [0.05, 0.1) is 5.02 Å². The second-order valence-corrected chi connectivity index (χ2v) is 5.32. The van der Waals surface area contributed by atoms with Crippen molar-refractivity contribution in [2.45, 2.75) is 13.1 Å². The van der Waals surface area contributed by atoms with Gasteiger partial charge in [0.15, 0.2) is 0 Å². The predicted octanol–water partition coefficient (Wildman–Crippen LogP) is 3.40. The highest BCUT2D eigenvalue weighted by Gasteiger charge is 2.04. The number of phenolic OH excluding ortho intramolecular Hbond substituents is 1. The van der Waals surface area contributed by atoms with Crippen LogP contribution in [0.3, 0.4) is 0 Å². The van der Waals surface area contributed by atoms with Crippen molar-refractivity contribution < 1.29 is 5.11 Å². The van der Waals surface area contributed by atoms with Crippen LogP contribution in [0.15, 0.2) is 42.5 Å².